The minimum atomic E-state index is -3.44. The van der Waals surface area contributed by atoms with Gasteiger partial charge in [0.05, 0.1) is 4.90 Å². The predicted octanol–water partition coefficient (Wildman–Crippen LogP) is 3.42. The summed E-state index contributed by atoms with van der Waals surface area (Å²) in [4.78, 5) is 0.429. The molecule has 0 fully saturated rings. The Morgan fingerprint density at radius 3 is 1.68 bits per heavy atom. The zero-order chi connectivity index (χ0) is 15.0. The molecule has 0 aliphatic heterocycles. The number of rotatable bonds is 4. The Labute approximate surface area is 117 Å². The Kier molecular flexibility index (Phi) is 4.80. The third kappa shape index (κ3) is 3.18. The maximum Gasteiger partial charge on any atom is 0.243 e. The Morgan fingerprint density at radius 2 is 1.26 bits per heavy atom. The van der Waals surface area contributed by atoms with E-state index in [1.54, 1.807) is 10.4 Å². The standard InChI is InChI=1S/C15H25NO2S/c1-10(2)16(11(3)4)19(17,18)15-9-13(6)12(5)8-14(15)7/h8-11H,1-7H3. The average molecular weight is 283 g/mol. The van der Waals surface area contributed by atoms with Gasteiger partial charge in [0, 0.05) is 12.1 Å². The summed E-state index contributed by atoms with van der Waals surface area (Å²) in [6.45, 7) is 13.5. The van der Waals surface area contributed by atoms with E-state index >= 15 is 0 Å². The lowest BCUT2D eigenvalue weighted by molar-refractivity contribution is 0.302. The van der Waals surface area contributed by atoms with Crippen LogP contribution in [0.15, 0.2) is 17.0 Å². The minimum absolute atomic E-state index is 0.0500. The molecule has 0 heterocycles. The van der Waals surface area contributed by atoms with Crippen LogP contribution in [0.3, 0.4) is 0 Å². The van der Waals surface area contributed by atoms with Crippen molar-refractivity contribution in [1.82, 2.24) is 4.31 Å². The van der Waals surface area contributed by atoms with Crippen LogP contribution >= 0.6 is 0 Å². The van der Waals surface area contributed by atoms with Gasteiger partial charge in [-0.25, -0.2) is 8.42 Å². The summed E-state index contributed by atoms with van der Waals surface area (Å²) >= 11 is 0. The lowest BCUT2D eigenvalue weighted by Crippen LogP contribution is -2.42. The first-order chi connectivity index (χ1) is 8.59. The van der Waals surface area contributed by atoms with E-state index in [1.165, 1.54) is 0 Å². The maximum atomic E-state index is 12.8. The van der Waals surface area contributed by atoms with Crippen molar-refractivity contribution in [2.24, 2.45) is 0 Å². The van der Waals surface area contributed by atoms with Crippen LogP contribution in [0, 0.1) is 20.8 Å². The van der Waals surface area contributed by atoms with Gasteiger partial charge in [0.2, 0.25) is 10.0 Å². The number of nitrogens with zero attached hydrogens (tertiary/aromatic N) is 1. The Bertz CT molecular complexity index is 552. The molecular weight excluding hydrogens is 258 g/mol. The van der Waals surface area contributed by atoms with Gasteiger partial charge < -0.3 is 0 Å². The molecule has 0 bridgehead atoms. The molecule has 0 saturated heterocycles. The molecule has 0 N–H and O–H groups in total. The average Bonchev–Trinajstić information content (AvgIpc) is 2.21. The van der Waals surface area contributed by atoms with Gasteiger partial charge in [-0.15, -0.1) is 0 Å². The molecule has 3 nitrogen and oxygen atoms in total. The van der Waals surface area contributed by atoms with Crippen molar-refractivity contribution in [2.45, 2.75) is 65.4 Å². The summed E-state index contributed by atoms with van der Waals surface area (Å²) in [7, 11) is -3.44. The number of sulfonamides is 1. The SMILES string of the molecule is Cc1cc(C)c(S(=O)(=O)N(C(C)C)C(C)C)cc1C. The molecule has 1 aromatic rings. The van der Waals surface area contributed by atoms with Crippen LogP contribution in [0.2, 0.25) is 0 Å². The Balaban J connectivity index is 3.46. The Morgan fingerprint density at radius 1 is 0.842 bits per heavy atom. The second-order valence-electron chi connectivity index (χ2n) is 5.72. The van der Waals surface area contributed by atoms with E-state index in [0.29, 0.717) is 4.90 Å². The van der Waals surface area contributed by atoms with Crippen molar-refractivity contribution in [1.29, 1.82) is 0 Å². The topological polar surface area (TPSA) is 37.4 Å². The molecule has 1 rings (SSSR count). The van der Waals surface area contributed by atoms with E-state index in [4.69, 9.17) is 0 Å². The zero-order valence-electron chi connectivity index (χ0n) is 13.0. The van der Waals surface area contributed by atoms with Crippen LogP contribution in [0.4, 0.5) is 0 Å². The van der Waals surface area contributed by atoms with Crippen molar-refractivity contribution < 1.29 is 8.42 Å². The number of hydrogen-bond acceptors (Lipinski definition) is 2. The second-order valence-corrected chi connectivity index (χ2v) is 7.54. The van der Waals surface area contributed by atoms with Crippen molar-refractivity contribution in [3.05, 3.63) is 28.8 Å². The second kappa shape index (κ2) is 5.63. The molecule has 0 aromatic heterocycles. The van der Waals surface area contributed by atoms with Crippen LogP contribution in [-0.2, 0) is 10.0 Å². The molecule has 0 amide bonds. The fraction of sp³-hybridized carbons (Fsp3) is 0.600. The van der Waals surface area contributed by atoms with E-state index < -0.39 is 10.0 Å². The highest BCUT2D eigenvalue weighted by molar-refractivity contribution is 7.89. The lowest BCUT2D eigenvalue weighted by atomic mass is 10.1. The largest absolute Gasteiger partial charge is 0.243 e. The molecule has 0 spiro atoms. The molecule has 0 atom stereocenters. The Hall–Kier alpha value is -0.870. The first-order valence-corrected chi connectivity index (χ1v) is 8.14. The summed E-state index contributed by atoms with van der Waals surface area (Å²) in [5, 5.41) is 0. The van der Waals surface area contributed by atoms with Crippen LogP contribution in [0.5, 0.6) is 0 Å². The van der Waals surface area contributed by atoms with Crippen molar-refractivity contribution in [2.75, 3.05) is 0 Å². The van der Waals surface area contributed by atoms with Crippen molar-refractivity contribution >= 4 is 10.0 Å². The third-order valence-electron chi connectivity index (χ3n) is 3.36. The summed E-state index contributed by atoms with van der Waals surface area (Å²) in [5.41, 5.74) is 2.95. The highest BCUT2D eigenvalue weighted by Gasteiger charge is 2.30. The summed E-state index contributed by atoms with van der Waals surface area (Å²) in [6.07, 6.45) is 0. The minimum Gasteiger partial charge on any atom is -0.207 e. The van der Waals surface area contributed by atoms with Gasteiger partial charge in [0.15, 0.2) is 0 Å². The molecule has 0 aliphatic rings. The van der Waals surface area contributed by atoms with Gasteiger partial charge in [-0.2, -0.15) is 4.31 Å². The molecule has 0 unspecified atom stereocenters. The zero-order valence-corrected chi connectivity index (χ0v) is 13.8. The van der Waals surface area contributed by atoms with Crippen LogP contribution in [0.25, 0.3) is 0 Å². The lowest BCUT2D eigenvalue weighted by Gasteiger charge is -2.30. The number of aryl methyl sites for hydroxylation is 3. The fourth-order valence-corrected chi connectivity index (χ4v) is 4.61. The number of hydrogen-bond donors (Lipinski definition) is 0. The fourth-order valence-electron chi connectivity index (χ4n) is 2.48. The summed E-state index contributed by atoms with van der Waals surface area (Å²) in [5.74, 6) is 0. The maximum absolute atomic E-state index is 12.8. The monoisotopic (exact) mass is 283 g/mol. The molecule has 0 saturated carbocycles. The number of benzene rings is 1. The van der Waals surface area contributed by atoms with Crippen LogP contribution in [-0.4, -0.2) is 24.8 Å². The van der Waals surface area contributed by atoms with Gasteiger partial charge in [-0.05, 0) is 71.2 Å². The highest BCUT2D eigenvalue weighted by Crippen LogP contribution is 2.26. The van der Waals surface area contributed by atoms with Crippen LogP contribution in [0.1, 0.15) is 44.4 Å². The van der Waals surface area contributed by atoms with E-state index in [-0.39, 0.29) is 12.1 Å². The van der Waals surface area contributed by atoms with Crippen molar-refractivity contribution in [3.63, 3.8) is 0 Å². The van der Waals surface area contributed by atoms with Gasteiger partial charge >= 0.3 is 0 Å². The molecule has 0 aliphatic carbocycles. The summed E-state index contributed by atoms with van der Waals surface area (Å²) in [6, 6.07) is 3.63. The molecule has 108 valence electrons. The van der Waals surface area contributed by atoms with Gasteiger partial charge in [0.1, 0.15) is 0 Å². The van der Waals surface area contributed by atoms with Gasteiger partial charge in [0.25, 0.3) is 0 Å². The molecule has 4 heteroatoms. The molecule has 1 aromatic carbocycles. The smallest absolute Gasteiger partial charge is 0.207 e. The molecular formula is C15H25NO2S. The van der Waals surface area contributed by atoms with Crippen LogP contribution < -0.4 is 0 Å². The summed E-state index contributed by atoms with van der Waals surface area (Å²) < 4.78 is 27.2. The first-order valence-electron chi connectivity index (χ1n) is 6.70. The molecule has 19 heavy (non-hydrogen) atoms. The van der Waals surface area contributed by atoms with E-state index in [2.05, 4.69) is 0 Å². The first kappa shape index (κ1) is 16.2. The highest BCUT2D eigenvalue weighted by atomic mass is 32.2. The van der Waals surface area contributed by atoms with Gasteiger partial charge in [-0.3, -0.25) is 0 Å². The van der Waals surface area contributed by atoms with E-state index in [0.717, 1.165) is 16.7 Å². The third-order valence-corrected chi connectivity index (χ3v) is 5.76. The molecule has 0 radical (unpaired) electrons. The van der Waals surface area contributed by atoms with E-state index in [1.807, 2.05) is 54.5 Å². The van der Waals surface area contributed by atoms with Gasteiger partial charge in [-0.1, -0.05) is 6.07 Å². The van der Waals surface area contributed by atoms with Crippen molar-refractivity contribution in [3.8, 4) is 0 Å². The quantitative estimate of drug-likeness (QED) is 0.849. The normalized spacial score (nSPS) is 12.7. The predicted molar refractivity (Wildman–Crippen MR) is 79.9 cm³/mol. The van der Waals surface area contributed by atoms with E-state index in [9.17, 15) is 8.42 Å².